The smallest absolute Gasteiger partial charge is 0.260 e. The van der Waals surface area contributed by atoms with Crippen LogP contribution in [0.4, 0.5) is 0 Å². The Balaban J connectivity index is 1.99. The summed E-state index contributed by atoms with van der Waals surface area (Å²) < 4.78 is 6.25. The molecule has 2 rings (SSSR count). The van der Waals surface area contributed by atoms with E-state index in [4.69, 9.17) is 16.3 Å². The van der Waals surface area contributed by atoms with Gasteiger partial charge in [0.15, 0.2) is 6.10 Å². The average Bonchev–Trinajstić information content (AvgIpc) is 3.08. The summed E-state index contributed by atoms with van der Waals surface area (Å²) in [4.78, 5) is 11.7. The van der Waals surface area contributed by atoms with Gasteiger partial charge in [-0.3, -0.25) is 4.79 Å². The van der Waals surface area contributed by atoms with Crippen molar-refractivity contribution in [3.8, 4) is 5.75 Å². The van der Waals surface area contributed by atoms with Crippen molar-refractivity contribution in [2.75, 3.05) is 0 Å². The fourth-order valence-corrected chi connectivity index (χ4v) is 1.89. The summed E-state index contributed by atoms with van der Waals surface area (Å²) in [6, 6.07) is 5.66. The average molecular weight is 319 g/mol. The summed E-state index contributed by atoms with van der Waals surface area (Å²) in [5, 5.41) is 3.46. The summed E-state index contributed by atoms with van der Waals surface area (Å²) in [5.74, 6) is 0.496. The Morgan fingerprint density at radius 1 is 1.59 bits per heavy atom. The Morgan fingerprint density at radius 3 is 2.94 bits per heavy atom. The molecule has 1 aliphatic carbocycles. The highest BCUT2D eigenvalue weighted by molar-refractivity contribution is 9.10. The molecule has 17 heavy (non-hydrogen) atoms. The molecule has 1 aromatic rings. The van der Waals surface area contributed by atoms with Gasteiger partial charge in [0.2, 0.25) is 0 Å². The number of ether oxygens (including phenoxy) is 1. The molecule has 1 unspecified atom stereocenters. The number of rotatable bonds is 4. The molecule has 1 saturated carbocycles. The van der Waals surface area contributed by atoms with Crippen molar-refractivity contribution in [3.05, 3.63) is 27.7 Å². The van der Waals surface area contributed by atoms with E-state index in [9.17, 15) is 4.79 Å². The summed E-state index contributed by atoms with van der Waals surface area (Å²) in [6.07, 6.45) is 1.61. The maximum Gasteiger partial charge on any atom is 0.260 e. The van der Waals surface area contributed by atoms with E-state index < -0.39 is 6.10 Å². The van der Waals surface area contributed by atoms with E-state index in [1.165, 1.54) is 0 Å². The van der Waals surface area contributed by atoms with Crippen molar-refractivity contribution in [1.82, 2.24) is 5.32 Å². The van der Waals surface area contributed by atoms with Gasteiger partial charge < -0.3 is 10.1 Å². The molecule has 1 amide bonds. The second-order valence-corrected chi connectivity index (χ2v) is 5.30. The van der Waals surface area contributed by atoms with E-state index in [2.05, 4.69) is 21.2 Å². The molecule has 0 radical (unpaired) electrons. The van der Waals surface area contributed by atoms with Crippen LogP contribution in [-0.2, 0) is 4.79 Å². The zero-order chi connectivity index (χ0) is 12.4. The Bertz CT molecular complexity index is 435. The second kappa shape index (κ2) is 5.27. The normalized spacial score (nSPS) is 16.4. The van der Waals surface area contributed by atoms with Crippen molar-refractivity contribution < 1.29 is 9.53 Å². The van der Waals surface area contributed by atoms with Crippen molar-refractivity contribution in [3.63, 3.8) is 0 Å². The first kappa shape index (κ1) is 12.7. The maximum atomic E-state index is 11.7. The number of hydrogen-bond acceptors (Lipinski definition) is 2. The number of hydrogen-bond donors (Lipinski definition) is 1. The van der Waals surface area contributed by atoms with Gasteiger partial charge in [-0.1, -0.05) is 17.7 Å². The van der Waals surface area contributed by atoms with E-state index in [-0.39, 0.29) is 5.91 Å². The van der Waals surface area contributed by atoms with Crippen LogP contribution in [0.5, 0.6) is 5.75 Å². The number of benzene rings is 1. The Hall–Kier alpha value is -0.740. The molecule has 0 bridgehead atoms. The van der Waals surface area contributed by atoms with E-state index >= 15 is 0 Å². The van der Waals surface area contributed by atoms with Crippen molar-refractivity contribution >= 4 is 33.4 Å². The van der Waals surface area contributed by atoms with Crippen LogP contribution >= 0.6 is 27.5 Å². The highest BCUT2D eigenvalue weighted by Crippen LogP contribution is 2.32. The topological polar surface area (TPSA) is 38.3 Å². The van der Waals surface area contributed by atoms with Crippen LogP contribution in [0.3, 0.4) is 0 Å². The third-order valence-electron chi connectivity index (χ3n) is 2.51. The molecule has 5 heteroatoms. The molecule has 0 spiro atoms. The first-order valence-corrected chi connectivity index (χ1v) is 6.66. The number of carbonyl (C=O) groups excluding carboxylic acids is 1. The van der Waals surface area contributed by atoms with E-state index in [0.29, 0.717) is 21.3 Å². The monoisotopic (exact) mass is 317 g/mol. The van der Waals surface area contributed by atoms with Gasteiger partial charge in [0, 0.05) is 6.04 Å². The lowest BCUT2D eigenvalue weighted by molar-refractivity contribution is -0.127. The number of amides is 1. The molecular formula is C12H13BrClNO2. The standard InChI is InChI=1S/C12H13BrClNO2/c1-7(12(16)15-8-5-6-8)17-10-4-2-3-9(14)11(10)13/h2-4,7-8H,5-6H2,1H3,(H,15,16). The van der Waals surface area contributed by atoms with E-state index in [1.807, 2.05) is 0 Å². The van der Waals surface area contributed by atoms with Crippen LogP contribution in [0, 0.1) is 0 Å². The molecule has 0 saturated heterocycles. The highest BCUT2D eigenvalue weighted by atomic mass is 79.9. The van der Waals surface area contributed by atoms with Crippen LogP contribution in [0.2, 0.25) is 5.02 Å². The van der Waals surface area contributed by atoms with Crippen molar-refractivity contribution in [1.29, 1.82) is 0 Å². The lowest BCUT2D eigenvalue weighted by Gasteiger charge is -2.15. The third-order valence-corrected chi connectivity index (χ3v) is 3.87. The lowest BCUT2D eigenvalue weighted by atomic mass is 10.3. The Morgan fingerprint density at radius 2 is 2.29 bits per heavy atom. The van der Waals surface area contributed by atoms with Crippen LogP contribution in [0.25, 0.3) is 0 Å². The largest absolute Gasteiger partial charge is 0.480 e. The Kier molecular flexibility index (Phi) is 3.94. The van der Waals surface area contributed by atoms with Crippen molar-refractivity contribution in [2.45, 2.75) is 31.9 Å². The summed E-state index contributed by atoms with van der Waals surface area (Å²) in [7, 11) is 0. The zero-order valence-electron chi connectivity index (χ0n) is 9.37. The van der Waals surface area contributed by atoms with Gasteiger partial charge in [0.25, 0.3) is 5.91 Å². The lowest BCUT2D eigenvalue weighted by Crippen LogP contribution is -2.37. The third kappa shape index (κ3) is 3.36. The first-order valence-electron chi connectivity index (χ1n) is 5.49. The molecule has 0 aromatic heterocycles. The van der Waals surface area contributed by atoms with Crippen LogP contribution in [-0.4, -0.2) is 18.1 Å². The van der Waals surface area contributed by atoms with Gasteiger partial charge in [-0.15, -0.1) is 0 Å². The van der Waals surface area contributed by atoms with E-state index in [0.717, 1.165) is 12.8 Å². The van der Waals surface area contributed by atoms with Gasteiger partial charge >= 0.3 is 0 Å². The summed E-state index contributed by atoms with van der Waals surface area (Å²) in [6.45, 7) is 1.73. The molecule has 1 fully saturated rings. The SMILES string of the molecule is CC(Oc1cccc(Cl)c1Br)C(=O)NC1CC1. The predicted molar refractivity (Wildman–Crippen MR) is 70.4 cm³/mol. The molecular weight excluding hydrogens is 305 g/mol. The summed E-state index contributed by atoms with van der Waals surface area (Å²) >= 11 is 9.28. The van der Waals surface area contributed by atoms with E-state index in [1.54, 1.807) is 25.1 Å². The maximum absolute atomic E-state index is 11.7. The highest BCUT2D eigenvalue weighted by Gasteiger charge is 2.26. The molecule has 0 heterocycles. The van der Waals surface area contributed by atoms with Crippen LogP contribution in [0.1, 0.15) is 19.8 Å². The fourth-order valence-electron chi connectivity index (χ4n) is 1.37. The fraction of sp³-hybridized carbons (Fsp3) is 0.417. The molecule has 92 valence electrons. The van der Waals surface area contributed by atoms with Gasteiger partial charge in [-0.25, -0.2) is 0 Å². The zero-order valence-corrected chi connectivity index (χ0v) is 11.7. The molecule has 1 atom stereocenters. The molecule has 1 aromatic carbocycles. The van der Waals surface area contributed by atoms with Gasteiger partial charge in [0.1, 0.15) is 5.75 Å². The quantitative estimate of drug-likeness (QED) is 0.926. The van der Waals surface area contributed by atoms with Gasteiger partial charge in [0.05, 0.1) is 9.50 Å². The second-order valence-electron chi connectivity index (χ2n) is 4.09. The van der Waals surface area contributed by atoms with Crippen molar-refractivity contribution in [2.24, 2.45) is 0 Å². The Labute approximate surface area is 114 Å². The molecule has 0 aliphatic heterocycles. The van der Waals surface area contributed by atoms with Crippen LogP contribution in [0.15, 0.2) is 22.7 Å². The first-order chi connectivity index (χ1) is 8.08. The molecule has 1 N–H and O–H groups in total. The summed E-state index contributed by atoms with van der Waals surface area (Å²) in [5.41, 5.74) is 0. The minimum Gasteiger partial charge on any atom is -0.480 e. The minimum atomic E-state index is -0.523. The predicted octanol–water partition coefficient (Wildman–Crippen LogP) is 3.15. The van der Waals surface area contributed by atoms with Crippen LogP contribution < -0.4 is 10.1 Å². The minimum absolute atomic E-state index is 0.0839. The molecule has 1 aliphatic rings. The number of halogens is 2. The number of carbonyl (C=O) groups is 1. The molecule has 3 nitrogen and oxygen atoms in total. The van der Waals surface area contributed by atoms with Gasteiger partial charge in [-0.2, -0.15) is 0 Å². The van der Waals surface area contributed by atoms with Gasteiger partial charge in [-0.05, 0) is 47.8 Å². The number of nitrogens with one attached hydrogen (secondary N) is 1.